The van der Waals surface area contributed by atoms with Crippen LogP contribution in [0.3, 0.4) is 0 Å². The van der Waals surface area contributed by atoms with Crippen molar-refractivity contribution in [2.24, 2.45) is 0 Å². The summed E-state index contributed by atoms with van der Waals surface area (Å²) in [6.07, 6.45) is 2.46. The van der Waals surface area contributed by atoms with Crippen LogP contribution in [0.15, 0.2) is 24.5 Å². The Labute approximate surface area is 148 Å². The second-order valence-corrected chi connectivity index (χ2v) is 5.90. The van der Waals surface area contributed by atoms with Crippen LogP contribution in [0.5, 0.6) is 11.5 Å². The van der Waals surface area contributed by atoms with Gasteiger partial charge >= 0.3 is 0 Å². The quantitative estimate of drug-likeness (QED) is 0.834. The number of hydrogen-bond acceptors (Lipinski definition) is 4. The van der Waals surface area contributed by atoms with Gasteiger partial charge < -0.3 is 14.8 Å². The van der Waals surface area contributed by atoms with E-state index in [0.717, 1.165) is 6.07 Å². The van der Waals surface area contributed by atoms with Gasteiger partial charge in [-0.05, 0) is 19.9 Å². The van der Waals surface area contributed by atoms with E-state index in [4.69, 9.17) is 32.7 Å². The lowest BCUT2D eigenvalue weighted by molar-refractivity contribution is 0.102. The molecule has 0 unspecified atom stereocenters. The van der Waals surface area contributed by atoms with Gasteiger partial charge in [0.25, 0.3) is 5.91 Å². The van der Waals surface area contributed by atoms with Crippen molar-refractivity contribution in [3.05, 3.63) is 46.0 Å². The number of nitrogens with zero attached hydrogens (tertiary/aromatic N) is 1. The zero-order valence-corrected chi connectivity index (χ0v) is 14.7. The molecule has 24 heavy (non-hydrogen) atoms. The molecule has 1 amide bonds. The number of anilines is 1. The number of pyridine rings is 1. The first-order valence-electron chi connectivity index (χ1n) is 6.98. The highest BCUT2D eigenvalue weighted by molar-refractivity contribution is 6.39. The zero-order valence-electron chi connectivity index (χ0n) is 13.2. The molecule has 2 aromatic rings. The third-order valence-electron chi connectivity index (χ3n) is 2.95. The van der Waals surface area contributed by atoms with Gasteiger partial charge in [0.15, 0.2) is 11.5 Å². The smallest absolute Gasteiger partial charge is 0.258 e. The number of hydrogen-bond donors (Lipinski definition) is 1. The molecule has 1 N–H and O–H groups in total. The summed E-state index contributed by atoms with van der Waals surface area (Å²) < 4.78 is 24.9. The van der Waals surface area contributed by atoms with Crippen LogP contribution >= 0.6 is 23.2 Å². The molecule has 8 heteroatoms. The maximum Gasteiger partial charge on any atom is 0.258 e. The second-order valence-electron chi connectivity index (χ2n) is 5.08. The minimum atomic E-state index is -0.762. The van der Waals surface area contributed by atoms with E-state index in [1.54, 1.807) is 13.8 Å². The van der Waals surface area contributed by atoms with Crippen molar-refractivity contribution in [3.8, 4) is 11.5 Å². The van der Waals surface area contributed by atoms with E-state index >= 15 is 0 Å². The van der Waals surface area contributed by atoms with Gasteiger partial charge in [-0.25, -0.2) is 4.39 Å². The molecule has 1 aromatic heterocycles. The van der Waals surface area contributed by atoms with Crippen LogP contribution in [-0.2, 0) is 0 Å². The summed E-state index contributed by atoms with van der Waals surface area (Å²) >= 11 is 11.9. The van der Waals surface area contributed by atoms with Gasteiger partial charge in [-0.2, -0.15) is 0 Å². The van der Waals surface area contributed by atoms with E-state index in [9.17, 15) is 9.18 Å². The monoisotopic (exact) mass is 372 g/mol. The van der Waals surface area contributed by atoms with Gasteiger partial charge in [0.05, 0.1) is 34.5 Å². The van der Waals surface area contributed by atoms with Crippen LogP contribution in [0.1, 0.15) is 24.2 Å². The molecule has 0 bridgehead atoms. The minimum absolute atomic E-state index is 0.142. The molecular formula is C16H15Cl2FN2O3. The summed E-state index contributed by atoms with van der Waals surface area (Å²) in [5, 5.41) is 2.76. The molecule has 2 rings (SSSR count). The molecule has 0 fully saturated rings. The Hall–Kier alpha value is -2.05. The first kappa shape index (κ1) is 18.3. The van der Waals surface area contributed by atoms with Crippen LogP contribution in [-0.4, -0.2) is 24.1 Å². The number of amides is 1. The summed E-state index contributed by atoms with van der Waals surface area (Å²) in [6, 6.07) is 2.36. The third-order valence-corrected chi connectivity index (χ3v) is 3.53. The second kappa shape index (κ2) is 7.68. The Morgan fingerprint density at radius 3 is 2.38 bits per heavy atom. The van der Waals surface area contributed by atoms with Crippen LogP contribution in [0, 0.1) is 5.82 Å². The molecular weight excluding hydrogens is 358 g/mol. The summed E-state index contributed by atoms with van der Waals surface area (Å²) in [4.78, 5) is 16.2. The maximum atomic E-state index is 14.2. The van der Waals surface area contributed by atoms with Gasteiger partial charge in [0.1, 0.15) is 5.82 Å². The standard InChI is InChI=1S/C16H15Cl2FN2O3/c1-8(2)24-14-4-9(12(19)5-13(14)23-3)16(22)21-15-10(17)6-20-7-11(15)18/h4-8H,1-3H3,(H,20,21,22). The van der Waals surface area contributed by atoms with E-state index < -0.39 is 11.7 Å². The Morgan fingerprint density at radius 2 is 1.83 bits per heavy atom. The molecule has 0 saturated heterocycles. The lowest BCUT2D eigenvalue weighted by Gasteiger charge is -2.16. The van der Waals surface area contributed by atoms with E-state index in [0.29, 0.717) is 0 Å². The van der Waals surface area contributed by atoms with Gasteiger partial charge in [-0.1, -0.05) is 23.2 Å². The van der Waals surface area contributed by atoms with Gasteiger partial charge in [0.2, 0.25) is 0 Å². The predicted molar refractivity (Wildman–Crippen MR) is 90.9 cm³/mol. The number of ether oxygens (including phenoxy) is 2. The normalized spacial score (nSPS) is 10.6. The van der Waals surface area contributed by atoms with E-state index in [-0.39, 0.29) is 38.9 Å². The fourth-order valence-corrected chi connectivity index (χ4v) is 2.39. The van der Waals surface area contributed by atoms with Crippen molar-refractivity contribution in [2.45, 2.75) is 20.0 Å². The van der Waals surface area contributed by atoms with Gasteiger partial charge in [-0.15, -0.1) is 0 Å². The van der Waals surface area contributed by atoms with Crippen LogP contribution in [0.2, 0.25) is 10.0 Å². The number of carbonyl (C=O) groups excluding carboxylic acids is 1. The Balaban J connectivity index is 2.38. The highest BCUT2D eigenvalue weighted by Gasteiger charge is 2.20. The molecule has 1 heterocycles. The lowest BCUT2D eigenvalue weighted by atomic mass is 10.1. The summed E-state index contributed by atoms with van der Waals surface area (Å²) in [7, 11) is 1.39. The summed E-state index contributed by atoms with van der Waals surface area (Å²) in [5.41, 5.74) is -0.0738. The molecule has 0 aliphatic heterocycles. The first-order chi connectivity index (χ1) is 11.3. The number of methoxy groups -OCH3 is 1. The van der Waals surface area contributed by atoms with Crippen molar-refractivity contribution in [1.29, 1.82) is 0 Å². The molecule has 0 saturated carbocycles. The topological polar surface area (TPSA) is 60.5 Å². The summed E-state index contributed by atoms with van der Waals surface area (Å²) in [5.74, 6) is -1.04. The minimum Gasteiger partial charge on any atom is -0.493 e. The largest absolute Gasteiger partial charge is 0.493 e. The van der Waals surface area contributed by atoms with Gasteiger partial charge in [0, 0.05) is 18.5 Å². The SMILES string of the molecule is COc1cc(F)c(C(=O)Nc2c(Cl)cncc2Cl)cc1OC(C)C. The van der Waals surface area contributed by atoms with Crippen LogP contribution < -0.4 is 14.8 Å². The molecule has 1 aromatic carbocycles. The zero-order chi connectivity index (χ0) is 17.9. The predicted octanol–water partition coefficient (Wildman–Crippen LogP) is 4.58. The van der Waals surface area contributed by atoms with Crippen LogP contribution in [0.25, 0.3) is 0 Å². The van der Waals surface area contributed by atoms with E-state index in [1.165, 1.54) is 25.6 Å². The Morgan fingerprint density at radius 1 is 1.21 bits per heavy atom. The lowest BCUT2D eigenvalue weighted by Crippen LogP contribution is -2.16. The van der Waals surface area contributed by atoms with E-state index in [2.05, 4.69) is 10.3 Å². The van der Waals surface area contributed by atoms with E-state index in [1.807, 2.05) is 0 Å². The average molecular weight is 373 g/mol. The van der Waals surface area contributed by atoms with Crippen LogP contribution in [0.4, 0.5) is 10.1 Å². The molecule has 5 nitrogen and oxygen atoms in total. The number of halogens is 3. The number of rotatable bonds is 5. The Kier molecular flexibility index (Phi) is 5.85. The first-order valence-corrected chi connectivity index (χ1v) is 7.73. The molecule has 128 valence electrons. The molecule has 0 aliphatic carbocycles. The molecule has 0 radical (unpaired) electrons. The number of carbonyl (C=O) groups is 1. The number of benzene rings is 1. The molecule has 0 atom stereocenters. The van der Waals surface area contributed by atoms with Crippen molar-refractivity contribution in [1.82, 2.24) is 4.98 Å². The fraction of sp³-hybridized carbons (Fsp3) is 0.250. The summed E-state index contributed by atoms with van der Waals surface area (Å²) in [6.45, 7) is 3.61. The Bertz CT molecular complexity index is 749. The average Bonchev–Trinajstić information content (AvgIpc) is 2.51. The van der Waals surface area contributed by atoms with Gasteiger partial charge in [-0.3, -0.25) is 9.78 Å². The molecule has 0 aliphatic rings. The highest BCUT2D eigenvalue weighted by atomic mass is 35.5. The molecule has 0 spiro atoms. The highest BCUT2D eigenvalue weighted by Crippen LogP contribution is 2.33. The van der Waals surface area contributed by atoms with Crippen molar-refractivity contribution in [2.75, 3.05) is 12.4 Å². The maximum absolute atomic E-state index is 14.2. The third kappa shape index (κ3) is 4.07. The number of aromatic nitrogens is 1. The van der Waals surface area contributed by atoms with Crippen molar-refractivity contribution < 1.29 is 18.7 Å². The van der Waals surface area contributed by atoms with Crippen molar-refractivity contribution in [3.63, 3.8) is 0 Å². The fourth-order valence-electron chi connectivity index (χ4n) is 1.93. The van der Waals surface area contributed by atoms with Crippen molar-refractivity contribution >= 4 is 34.8 Å². The number of nitrogens with one attached hydrogen (secondary N) is 1.